The van der Waals surface area contributed by atoms with Gasteiger partial charge in [-0.15, -0.1) is 0 Å². The molecule has 0 saturated heterocycles. The van der Waals surface area contributed by atoms with Gasteiger partial charge in [-0.05, 0) is 0 Å². The van der Waals surface area contributed by atoms with Gasteiger partial charge in [0.2, 0.25) is 0 Å². The molecule has 0 aliphatic rings. The van der Waals surface area contributed by atoms with Crippen LogP contribution in [0.1, 0.15) is 12.8 Å². The molecule has 0 unspecified atom stereocenters. The molecule has 0 saturated carbocycles. The summed E-state index contributed by atoms with van der Waals surface area (Å²) in [6.07, 6.45) is -2.29. The topological polar surface area (TPSA) is 210 Å². The SMILES string of the molecule is O=C(O)CC(O)(CC(=O)O)C(=O)O.O=P(O)(O)O.[KH]. The summed E-state index contributed by atoms with van der Waals surface area (Å²) in [5.41, 5.74) is -2.74. The molecule has 11 nitrogen and oxygen atoms in total. The number of hydrogen-bond acceptors (Lipinski definition) is 5. The first-order valence-electron chi connectivity index (χ1n) is 3.95. The molecule has 19 heavy (non-hydrogen) atoms. The Morgan fingerprint density at radius 3 is 1.21 bits per heavy atom. The third-order valence-electron chi connectivity index (χ3n) is 1.29. The summed E-state index contributed by atoms with van der Waals surface area (Å²) >= 11 is 0. The van der Waals surface area contributed by atoms with Crippen molar-refractivity contribution in [3.8, 4) is 0 Å². The molecule has 0 atom stereocenters. The van der Waals surface area contributed by atoms with Crippen LogP contribution in [0.5, 0.6) is 0 Å². The molecule has 7 N–H and O–H groups in total. The van der Waals surface area contributed by atoms with Gasteiger partial charge < -0.3 is 35.1 Å². The van der Waals surface area contributed by atoms with Crippen LogP contribution >= 0.6 is 7.82 Å². The minimum absolute atomic E-state index is 0. The third kappa shape index (κ3) is 18.1. The number of rotatable bonds is 5. The predicted molar refractivity (Wildman–Crippen MR) is 58.5 cm³/mol. The number of carbonyl (C=O) groups is 3. The first-order valence-corrected chi connectivity index (χ1v) is 5.52. The van der Waals surface area contributed by atoms with Gasteiger partial charge in [0.15, 0.2) is 5.60 Å². The second-order valence-electron chi connectivity index (χ2n) is 2.99. The van der Waals surface area contributed by atoms with Crippen molar-refractivity contribution in [3.63, 3.8) is 0 Å². The number of hydrogen-bond donors (Lipinski definition) is 7. The van der Waals surface area contributed by atoms with Crippen LogP contribution in [0.2, 0.25) is 0 Å². The average molecular weight is 330 g/mol. The fourth-order valence-corrected chi connectivity index (χ4v) is 0.714. The predicted octanol–water partition coefficient (Wildman–Crippen LogP) is -2.83. The number of aliphatic carboxylic acids is 3. The Balaban J connectivity index is -0.000000366. The zero-order valence-corrected chi connectivity index (χ0v) is 9.52. The van der Waals surface area contributed by atoms with Gasteiger partial charge >= 0.3 is 77.1 Å². The van der Waals surface area contributed by atoms with Gasteiger partial charge in [-0.3, -0.25) is 9.59 Å². The Hall–Kier alpha value is 0.116. The van der Waals surface area contributed by atoms with Gasteiger partial charge in [0.1, 0.15) is 0 Å². The molecule has 0 rings (SSSR count). The standard InChI is InChI=1S/C6H8O7.K.H3O4P.H/c7-3(8)1-6(13,5(11)12)2-4(9)10;;1-5(2,3)4;/h13H,1-2H2,(H,7,8)(H,9,10)(H,11,12);;(H3,1,2,3,4);. The molecule has 0 spiro atoms. The Labute approximate surface area is 148 Å². The van der Waals surface area contributed by atoms with E-state index in [2.05, 4.69) is 0 Å². The van der Waals surface area contributed by atoms with Gasteiger partial charge in [0.25, 0.3) is 0 Å². The van der Waals surface area contributed by atoms with Gasteiger partial charge in [-0.1, -0.05) is 0 Å². The summed E-state index contributed by atoms with van der Waals surface area (Å²) in [7, 11) is -4.64. The molecule has 0 radical (unpaired) electrons. The van der Waals surface area contributed by atoms with E-state index in [1.807, 2.05) is 0 Å². The molecule has 0 aromatic carbocycles. The molecule has 0 amide bonds. The van der Waals surface area contributed by atoms with Crippen molar-refractivity contribution in [1.82, 2.24) is 0 Å². The molecule has 0 aliphatic heterocycles. The van der Waals surface area contributed by atoms with E-state index in [4.69, 9.17) is 39.7 Å². The van der Waals surface area contributed by atoms with Crippen LogP contribution in [-0.2, 0) is 18.9 Å². The van der Waals surface area contributed by atoms with Crippen molar-refractivity contribution in [2.75, 3.05) is 0 Å². The molecule has 0 aromatic rings. The zero-order chi connectivity index (χ0) is 15.1. The second kappa shape index (κ2) is 9.93. The minimum atomic E-state index is -4.64. The summed E-state index contributed by atoms with van der Waals surface area (Å²) in [5.74, 6) is -5.02. The van der Waals surface area contributed by atoms with Crippen LogP contribution in [0.4, 0.5) is 0 Å². The Morgan fingerprint density at radius 1 is 0.895 bits per heavy atom. The molecule has 0 aromatic heterocycles. The van der Waals surface area contributed by atoms with Crippen molar-refractivity contribution in [2.24, 2.45) is 0 Å². The maximum absolute atomic E-state index is 10.3. The Morgan fingerprint density at radius 2 is 1.11 bits per heavy atom. The molecule has 0 bridgehead atoms. The Bertz CT molecular complexity index is 349. The van der Waals surface area contributed by atoms with Gasteiger partial charge in [-0.2, -0.15) is 0 Å². The normalized spacial score (nSPS) is 10.5. The van der Waals surface area contributed by atoms with E-state index < -0.39 is 44.2 Å². The number of carboxylic acids is 3. The van der Waals surface area contributed by atoms with Crippen molar-refractivity contribution >= 4 is 77.1 Å². The third-order valence-corrected chi connectivity index (χ3v) is 1.29. The second-order valence-corrected chi connectivity index (χ2v) is 4.02. The van der Waals surface area contributed by atoms with Crippen LogP contribution < -0.4 is 0 Å². The summed E-state index contributed by atoms with van der Waals surface area (Å²) < 4.78 is 8.88. The van der Waals surface area contributed by atoms with E-state index in [0.717, 1.165) is 0 Å². The van der Waals surface area contributed by atoms with E-state index in [-0.39, 0.29) is 51.4 Å². The monoisotopic (exact) mass is 330 g/mol. The van der Waals surface area contributed by atoms with Gasteiger partial charge in [-0.25, -0.2) is 9.36 Å². The van der Waals surface area contributed by atoms with Gasteiger partial charge in [0.05, 0.1) is 12.8 Å². The van der Waals surface area contributed by atoms with E-state index >= 15 is 0 Å². The number of carboxylic acid groups (broad SMARTS) is 3. The summed E-state index contributed by atoms with van der Waals surface area (Å²) in [5, 5.41) is 33.8. The van der Waals surface area contributed by atoms with Crippen LogP contribution in [0.25, 0.3) is 0 Å². The zero-order valence-electron chi connectivity index (χ0n) is 8.62. The number of phosphoric acid groups is 1. The quantitative estimate of drug-likeness (QED) is 0.202. The van der Waals surface area contributed by atoms with Crippen molar-refractivity contribution < 1.29 is 54.1 Å². The molecule has 0 aliphatic carbocycles. The van der Waals surface area contributed by atoms with E-state index in [1.54, 1.807) is 0 Å². The first kappa shape index (κ1) is 24.2. The maximum atomic E-state index is 10.3. The molecule has 0 heterocycles. The fourth-order valence-electron chi connectivity index (χ4n) is 0.714. The van der Waals surface area contributed by atoms with E-state index in [0.29, 0.717) is 0 Å². The molecule has 0 fully saturated rings. The van der Waals surface area contributed by atoms with Crippen LogP contribution in [-0.4, -0.2) is 110 Å². The Kier molecular flexibility index (Phi) is 12.6. The average Bonchev–Trinajstić information content (AvgIpc) is 1.95. The van der Waals surface area contributed by atoms with E-state index in [9.17, 15) is 14.4 Å². The molecular formula is C6H12KO11P. The van der Waals surface area contributed by atoms with Crippen LogP contribution in [0.3, 0.4) is 0 Å². The summed E-state index contributed by atoms with van der Waals surface area (Å²) in [6, 6.07) is 0. The van der Waals surface area contributed by atoms with Crippen LogP contribution in [0.15, 0.2) is 0 Å². The number of aliphatic hydroxyl groups is 1. The molecule has 13 heteroatoms. The van der Waals surface area contributed by atoms with Crippen LogP contribution in [0, 0.1) is 0 Å². The fraction of sp³-hybridized carbons (Fsp3) is 0.500. The van der Waals surface area contributed by atoms with E-state index in [1.165, 1.54) is 0 Å². The summed E-state index contributed by atoms with van der Waals surface area (Å²) in [4.78, 5) is 52.0. The summed E-state index contributed by atoms with van der Waals surface area (Å²) in [6.45, 7) is 0. The first-order chi connectivity index (χ1) is 7.78. The molecule has 108 valence electrons. The van der Waals surface area contributed by atoms with Gasteiger partial charge in [0, 0.05) is 0 Å². The van der Waals surface area contributed by atoms with Crippen molar-refractivity contribution in [2.45, 2.75) is 18.4 Å². The van der Waals surface area contributed by atoms with Crippen molar-refractivity contribution in [3.05, 3.63) is 0 Å². The van der Waals surface area contributed by atoms with Crippen molar-refractivity contribution in [1.29, 1.82) is 0 Å². The molecular weight excluding hydrogens is 318 g/mol.